The topological polar surface area (TPSA) is 23.5 Å². The molecule has 0 radical (unpaired) electrons. The van der Waals surface area contributed by atoms with Crippen molar-refractivity contribution in [2.45, 2.75) is 38.7 Å². The van der Waals surface area contributed by atoms with Gasteiger partial charge in [0.2, 0.25) is 0 Å². The molecule has 2 atom stereocenters. The molecule has 2 unspecified atom stereocenters. The summed E-state index contributed by atoms with van der Waals surface area (Å²) in [5.41, 5.74) is 0. The molecule has 76 valence electrons. The summed E-state index contributed by atoms with van der Waals surface area (Å²) in [6.07, 6.45) is 5.19. The maximum Gasteiger partial charge on any atom is 0.0670 e. The van der Waals surface area contributed by atoms with Crippen molar-refractivity contribution in [3.8, 4) is 0 Å². The molecular formula is C11H21NO. The zero-order valence-electron chi connectivity index (χ0n) is 8.58. The van der Waals surface area contributed by atoms with E-state index in [4.69, 9.17) is 0 Å². The average molecular weight is 183 g/mol. The number of rotatable bonds is 3. The van der Waals surface area contributed by atoms with Gasteiger partial charge in [-0.1, -0.05) is 19.8 Å². The molecule has 0 amide bonds. The van der Waals surface area contributed by atoms with Gasteiger partial charge in [-0.3, -0.25) is 0 Å². The predicted octanol–water partition coefficient (Wildman–Crippen LogP) is 1.49. The first-order valence-corrected chi connectivity index (χ1v) is 5.64. The van der Waals surface area contributed by atoms with E-state index in [1.807, 2.05) is 0 Å². The first-order valence-electron chi connectivity index (χ1n) is 5.64. The lowest BCUT2D eigenvalue weighted by atomic mass is 9.98. The molecule has 2 rings (SSSR count). The van der Waals surface area contributed by atoms with E-state index in [2.05, 4.69) is 11.8 Å². The number of likely N-dealkylation sites (tertiary alicyclic amines) is 1. The van der Waals surface area contributed by atoms with Crippen LogP contribution in [0.2, 0.25) is 0 Å². The van der Waals surface area contributed by atoms with Gasteiger partial charge in [-0.05, 0) is 31.2 Å². The summed E-state index contributed by atoms with van der Waals surface area (Å²) in [4.78, 5) is 2.44. The third kappa shape index (κ3) is 2.96. The minimum Gasteiger partial charge on any atom is -0.392 e. The third-order valence-corrected chi connectivity index (χ3v) is 3.26. The van der Waals surface area contributed by atoms with Crippen LogP contribution in [0.4, 0.5) is 0 Å². The highest BCUT2D eigenvalue weighted by molar-refractivity contribution is 4.79. The Morgan fingerprint density at radius 1 is 1.31 bits per heavy atom. The Morgan fingerprint density at radius 3 is 2.69 bits per heavy atom. The van der Waals surface area contributed by atoms with Gasteiger partial charge in [0, 0.05) is 13.1 Å². The van der Waals surface area contributed by atoms with Crippen molar-refractivity contribution in [1.29, 1.82) is 0 Å². The van der Waals surface area contributed by atoms with Gasteiger partial charge in [-0.25, -0.2) is 0 Å². The molecule has 0 bridgehead atoms. The summed E-state index contributed by atoms with van der Waals surface area (Å²) in [5, 5.41) is 9.59. The van der Waals surface area contributed by atoms with E-state index >= 15 is 0 Å². The lowest BCUT2D eigenvalue weighted by Gasteiger charge is -2.34. The molecule has 0 aromatic rings. The molecule has 1 aliphatic carbocycles. The van der Waals surface area contributed by atoms with E-state index in [-0.39, 0.29) is 6.10 Å². The zero-order chi connectivity index (χ0) is 9.26. The van der Waals surface area contributed by atoms with Crippen molar-refractivity contribution in [1.82, 2.24) is 4.90 Å². The van der Waals surface area contributed by atoms with E-state index in [1.54, 1.807) is 0 Å². The van der Waals surface area contributed by atoms with Crippen LogP contribution in [0.5, 0.6) is 0 Å². The van der Waals surface area contributed by atoms with Crippen LogP contribution in [0.1, 0.15) is 32.6 Å². The van der Waals surface area contributed by atoms with Crippen LogP contribution >= 0.6 is 0 Å². The van der Waals surface area contributed by atoms with E-state index in [0.29, 0.717) is 5.92 Å². The molecule has 2 nitrogen and oxygen atoms in total. The zero-order valence-corrected chi connectivity index (χ0v) is 8.58. The Hall–Kier alpha value is -0.0800. The Balaban J connectivity index is 1.70. The second kappa shape index (κ2) is 3.97. The summed E-state index contributed by atoms with van der Waals surface area (Å²) in [7, 11) is 0. The largest absolute Gasteiger partial charge is 0.392 e. The number of hydrogen-bond acceptors (Lipinski definition) is 2. The summed E-state index contributed by atoms with van der Waals surface area (Å²) in [6.45, 7) is 5.57. The van der Waals surface area contributed by atoms with Gasteiger partial charge in [0.05, 0.1) is 6.10 Å². The molecule has 2 fully saturated rings. The molecule has 1 N–H and O–H groups in total. The number of hydrogen-bond donors (Lipinski definition) is 1. The van der Waals surface area contributed by atoms with Crippen molar-refractivity contribution in [3.63, 3.8) is 0 Å². The Morgan fingerprint density at radius 2 is 2.08 bits per heavy atom. The van der Waals surface area contributed by atoms with Gasteiger partial charge in [0.1, 0.15) is 0 Å². The Bertz CT molecular complexity index is 157. The van der Waals surface area contributed by atoms with Crippen LogP contribution < -0.4 is 0 Å². The number of β-amino-alcohol motifs (C(OH)–C–C–N with tert-alkyl or cyclic N) is 1. The molecular weight excluding hydrogens is 162 g/mol. The second-order valence-electron chi connectivity index (χ2n) is 4.99. The fraction of sp³-hybridized carbons (Fsp3) is 1.00. The van der Waals surface area contributed by atoms with Crippen LogP contribution in [0, 0.1) is 11.8 Å². The van der Waals surface area contributed by atoms with Crippen molar-refractivity contribution in [2.24, 2.45) is 11.8 Å². The van der Waals surface area contributed by atoms with E-state index in [0.717, 1.165) is 18.9 Å². The van der Waals surface area contributed by atoms with Crippen molar-refractivity contribution in [2.75, 3.05) is 19.6 Å². The molecule has 1 aliphatic heterocycles. The summed E-state index contributed by atoms with van der Waals surface area (Å²) >= 11 is 0. The summed E-state index contributed by atoms with van der Waals surface area (Å²) < 4.78 is 0. The smallest absolute Gasteiger partial charge is 0.0670 e. The lowest BCUT2D eigenvalue weighted by Crippen LogP contribution is -2.42. The molecule has 13 heavy (non-hydrogen) atoms. The van der Waals surface area contributed by atoms with Crippen LogP contribution in [0.25, 0.3) is 0 Å². The van der Waals surface area contributed by atoms with Crippen LogP contribution in [-0.4, -0.2) is 35.7 Å². The highest BCUT2D eigenvalue weighted by Crippen LogP contribution is 2.32. The molecule has 2 aliphatic rings. The molecule has 1 saturated carbocycles. The molecule has 1 heterocycles. The van der Waals surface area contributed by atoms with Gasteiger partial charge >= 0.3 is 0 Å². The van der Waals surface area contributed by atoms with Crippen LogP contribution in [-0.2, 0) is 0 Å². The number of piperidine rings is 1. The van der Waals surface area contributed by atoms with Crippen LogP contribution in [0.3, 0.4) is 0 Å². The van der Waals surface area contributed by atoms with Gasteiger partial charge in [-0.2, -0.15) is 0 Å². The molecule has 1 saturated heterocycles. The summed E-state index contributed by atoms with van der Waals surface area (Å²) in [5.74, 6) is 1.71. The summed E-state index contributed by atoms with van der Waals surface area (Å²) in [6, 6.07) is 0. The normalized spacial score (nSPS) is 36.5. The van der Waals surface area contributed by atoms with Crippen LogP contribution in [0.15, 0.2) is 0 Å². The average Bonchev–Trinajstić information content (AvgIpc) is 2.81. The molecule has 0 spiro atoms. The maximum absolute atomic E-state index is 9.59. The van der Waals surface area contributed by atoms with Crippen molar-refractivity contribution < 1.29 is 5.11 Å². The number of nitrogens with zero attached hydrogens (tertiary/aromatic N) is 1. The van der Waals surface area contributed by atoms with Gasteiger partial charge in [0.15, 0.2) is 0 Å². The van der Waals surface area contributed by atoms with Gasteiger partial charge in [-0.15, -0.1) is 0 Å². The number of aliphatic hydroxyl groups is 1. The highest BCUT2D eigenvalue weighted by Gasteiger charge is 2.26. The fourth-order valence-corrected chi connectivity index (χ4v) is 2.38. The standard InChI is InChI=1S/C11H21NO/c1-9-6-11(13)8-12(7-9)5-4-10-2-3-10/h9-11,13H,2-8H2,1H3. The molecule has 0 aromatic heterocycles. The van der Waals surface area contributed by atoms with E-state index < -0.39 is 0 Å². The Kier molecular flexibility index (Phi) is 2.89. The fourth-order valence-electron chi connectivity index (χ4n) is 2.38. The predicted molar refractivity (Wildman–Crippen MR) is 53.6 cm³/mol. The quantitative estimate of drug-likeness (QED) is 0.716. The minimum atomic E-state index is -0.0667. The van der Waals surface area contributed by atoms with Crippen molar-refractivity contribution in [3.05, 3.63) is 0 Å². The highest BCUT2D eigenvalue weighted by atomic mass is 16.3. The second-order valence-corrected chi connectivity index (χ2v) is 4.99. The number of aliphatic hydroxyl groups excluding tert-OH is 1. The first kappa shape index (κ1) is 9.47. The first-order chi connectivity index (χ1) is 6.24. The minimum absolute atomic E-state index is 0.0667. The van der Waals surface area contributed by atoms with E-state index in [1.165, 1.54) is 32.4 Å². The van der Waals surface area contributed by atoms with E-state index in [9.17, 15) is 5.11 Å². The molecule has 0 aromatic carbocycles. The van der Waals surface area contributed by atoms with Gasteiger partial charge in [0.25, 0.3) is 0 Å². The SMILES string of the molecule is CC1CC(O)CN(CCC2CC2)C1. The van der Waals surface area contributed by atoms with Crippen molar-refractivity contribution >= 4 is 0 Å². The lowest BCUT2D eigenvalue weighted by molar-refractivity contribution is 0.0436. The third-order valence-electron chi connectivity index (χ3n) is 3.26. The Labute approximate surface area is 80.9 Å². The monoisotopic (exact) mass is 183 g/mol. The maximum atomic E-state index is 9.59. The molecule has 2 heteroatoms. The van der Waals surface area contributed by atoms with Gasteiger partial charge < -0.3 is 10.0 Å².